The van der Waals surface area contributed by atoms with Crippen LogP contribution in [0.5, 0.6) is 11.5 Å². The minimum atomic E-state index is -1.09. The minimum Gasteiger partial charge on any atom is -0.480 e. The zero-order valence-corrected chi connectivity index (χ0v) is 22.5. The van der Waals surface area contributed by atoms with E-state index in [2.05, 4.69) is 15.9 Å². The lowest BCUT2D eigenvalue weighted by molar-refractivity contribution is -0.394. The molecule has 1 heterocycles. The molecule has 0 radical (unpaired) electrons. The van der Waals surface area contributed by atoms with Crippen LogP contribution in [-0.2, 0) is 14.4 Å². The Morgan fingerprint density at radius 2 is 1.52 bits per heavy atom. The van der Waals surface area contributed by atoms with Crippen molar-refractivity contribution in [3.05, 3.63) is 89.2 Å². The van der Waals surface area contributed by atoms with Gasteiger partial charge in [-0.25, -0.2) is 0 Å². The van der Waals surface area contributed by atoms with Crippen molar-refractivity contribution in [2.45, 2.75) is 44.4 Å². The van der Waals surface area contributed by atoms with Crippen LogP contribution in [0.15, 0.2) is 63.4 Å². The van der Waals surface area contributed by atoms with E-state index < -0.39 is 33.1 Å². The van der Waals surface area contributed by atoms with Gasteiger partial charge in [-0.3, -0.25) is 34.6 Å². The van der Waals surface area contributed by atoms with Gasteiger partial charge in [0.2, 0.25) is 5.75 Å². The quantitative estimate of drug-likeness (QED) is 0.309. The highest BCUT2D eigenvalue weighted by Gasteiger charge is 2.44. The fraction of sp³-hybridized carbons (Fsp3) is 0.296. The molecule has 0 atom stereocenters. The van der Waals surface area contributed by atoms with Crippen LogP contribution >= 0.6 is 15.9 Å². The highest BCUT2D eigenvalue weighted by atomic mass is 79.9. The van der Waals surface area contributed by atoms with Crippen molar-refractivity contribution in [1.82, 2.24) is 4.90 Å². The number of ether oxygens (including phenoxy) is 1. The molecule has 0 unspecified atom stereocenters. The third kappa shape index (κ3) is 4.88. The number of non-ortho nitro benzene ring substituents is 1. The number of aliphatic carboxylic acids is 1. The molecule has 40 heavy (non-hydrogen) atoms. The number of hydrogen-bond acceptors (Lipinski definition) is 9. The van der Waals surface area contributed by atoms with E-state index in [1.165, 1.54) is 6.07 Å². The number of rotatable bonds is 7. The van der Waals surface area contributed by atoms with Crippen molar-refractivity contribution in [2.24, 2.45) is 0 Å². The fourth-order valence-electron chi connectivity index (χ4n) is 5.66. The molecular formula is C27H22BrN3O9. The number of carboxylic acids is 1. The van der Waals surface area contributed by atoms with Gasteiger partial charge in [-0.15, -0.1) is 0 Å². The first kappa shape index (κ1) is 27.2. The zero-order chi connectivity index (χ0) is 28.7. The predicted molar refractivity (Wildman–Crippen MR) is 143 cm³/mol. The first-order chi connectivity index (χ1) is 19.1. The third-order valence-electron chi connectivity index (χ3n) is 7.23. The summed E-state index contributed by atoms with van der Waals surface area (Å²) in [5.41, 5.74) is 1.05. The Kier molecular flexibility index (Phi) is 7.23. The van der Waals surface area contributed by atoms with E-state index in [1.807, 2.05) is 0 Å². The molecule has 206 valence electrons. The normalized spacial score (nSPS) is 17.5. The number of benzene rings is 2. The number of carbonyl (C=O) groups is 3. The van der Waals surface area contributed by atoms with Crippen LogP contribution in [0, 0.1) is 20.2 Å². The van der Waals surface area contributed by atoms with E-state index >= 15 is 0 Å². The molecule has 0 bridgehead atoms. The van der Waals surface area contributed by atoms with Gasteiger partial charge in [0.15, 0.2) is 11.6 Å². The van der Waals surface area contributed by atoms with Crippen molar-refractivity contribution in [3.63, 3.8) is 0 Å². The molecule has 2 aromatic carbocycles. The molecule has 0 saturated heterocycles. The molecule has 1 aliphatic heterocycles. The first-order valence-corrected chi connectivity index (χ1v) is 13.3. The van der Waals surface area contributed by atoms with E-state index in [0.717, 1.165) is 18.2 Å². The van der Waals surface area contributed by atoms with Crippen LogP contribution in [0.1, 0.15) is 50.0 Å². The number of allylic oxidation sites excluding steroid dienone is 4. The summed E-state index contributed by atoms with van der Waals surface area (Å²) in [4.78, 5) is 61.7. The van der Waals surface area contributed by atoms with Crippen molar-refractivity contribution < 1.29 is 34.1 Å². The molecule has 0 aromatic heterocycles. The largest absolute Gasteiger partial charge is 0.480 e. The summed E-state index contributed by atoms with van der Waals surface area (Å²) < 4.78 is 6.60. The van der Waals surface area contributed by atoms with E-state index in [1.54, 1.807) is 17.0 Å². The van der Waals surface area contributed by atoms with E-state index in [0.29, 0.717) is 58.3 Å². The Hall–Kier alpha value is -4.39. The van der Waals surface area contributed by atoms with Gasteiger partial charge in [-0.05, 0) is 49.9 Å². The Bertz CT molecular complexity index is 1520. The summed E-state index contributed by atoms with van der Waals surface area (Å²) in [5, 5.41) is 32.6. The standard InChI is InChI=1S/C27H22BrN3O9/c28-14-7-9-22(40-23-10-8-15(30(36)37)12-19(23)31(38)39)16(11-14)25-26-17(3-1-5-20(26)32)29(13-24(34)35)18-4-2-6-21(33)27(18)25/h7-12,25H,1-6,13H2,(H,34,35). The van der Waals surface area contributed by atoms with Crippen molar-refractivity contribution in [1.29, 1.82) is 0 Å². The molecule has 5 rings (SSSR count). The summed E-state index contributed by atoms with van der Waals surface area (Å²) in [7, 11) is 0. The summed E-state index contributed by atoms with van der Waals surface area (Å²) >= 11 is 3.43. The van der Waals surface area contributed by atoms with Crippen LogP contribution < -0.4 is 4.74 Å². The summed E-state index contributed by atoms with van der Waals surface area (Å²) in [6.07, 6.45) is 2.43. The molecule has 0 spiro atoms. The zero-order valence-electron chi connectivity index (χ0n) is 20.9. The fourth-order valence-corrected chi connectivity index (χ4v) is 6.04. The van der Waals surface area contributed by atoms with Crippen LogP contribution in [0.4, 0.5) is 11.4 Å². The maximum absolute atomic E-state index is 13.5. The molecule has 0 saturated carbocycles. The topological polar surface area (TPSA) is 170 Å². The van der Waals surface area contributed by atoms with Gasteiger partial charge in [-0.1, -0.05) is 15.9 Å². The number of carbonyl (C=O) groups excluding carboxylic acids is 2. The number of nitro groups is 2. The number of Topliss-reactive ketones (excluding diaryl/α,β-unsaturated/α-hetero) is 2. The minimum absolute atomic E-state index is 0.118. The third-order valence-corrected chi connectivity index (χ3v) is 7.73. The second kappa shape index (κ2) is 10.6. The Balaban J connectivity index is 1.72. The van der Waals surface area contributed by atoms with Gasteiger partial charge < -0.3 is 14.7 Å². The van der Waals surface area contributed by atoms with E-state index in [-0.39, 0.29) is 42.5 Å². The smallest absolute Gasteiger partial charge is 0.323 e. The van der Waals surface area contributed by atoms with Crippen LogP contribution in [0.2, 0.25) is 0 Å². The molecule has 12 nitrogen and oxygen atoms in total. The number of ketones is 2. The number of nitro benzene ring substituents is 2. The van der Waals surface area contributed by atoms with Gasteiger partial charge in [-0.2, -0.15) is 0 Å². The van der Waals surface area contributed by atoms with Crippen LogP contribution in [0.3, 0.4) is 0 Å². The Morgan fingerprint density at radius 1 is 0.925 bits per heavy atom. The lowest BCUT2D eigenvalue weighted by Gasteiger charge is -2.43. The molecule has 2 aliphatic carbocycles. The van der Waals surface area contributed by atoms with Crippen molar-refractivity contribution in [2.75, 3.05) is 6.54 Å². The first-order valence-electron chi connectivity index (χ1n) is 12.5. The number of hydrogen-bond donors (Lipinski definition) is 1. The molecule has 0 fully saturated rings. The second-order valence-corrected chi connectivity index (χ2v) is 10.6. The second-order valence-electron chi connectivity index (χ2n) is 9.64. The van der Waals surface area contributed by atoms with Crippen molar-refractivity contribution in [3.8, 4) is 11.5 Å². The monoisotopic (exact) mass is 611 g/mol. The van der Waals surface area contributed by atoms with Gasteiger partial charge >= 0.3 is 11.7 Å². The summed E-state index contributed by atoms with van der Waals surface area (Å²) in [5.74, 6) is -2.52. The Labute approximate surface area is 235 Å². The number of carboxylic acid groups (broad SMARTS) is 1. The van der Waals surface area contributed by atoms with Crippen LogP contribution in [-0.4, -0.2) is 43.9 Å². The molecule has 3 aliphatic rings. The maximum atomic E-state index is 13.5. The predicted octanol–water partition coefficient (Wildman–Crippen LogP) is 5.56. The van der Waals surface area contributed by atoms with Gasteiger partial charge in [0, 0.05) is 57.4 Å². The average Bonchev–Trinajstić information content (AvgIpc) is 2.90. The number of nitrogens with zero attached hydrogens (tertiary/aromatic N) is 3. The maximum Gasteiger partial charge on any atom is 0.323 e. The van der Waals surface area contributed by atoms with Crippen molar-refractivity contribution >= 4 is 44.8 Å². The van der Waals surface area contributed by atoms with Gasteiger partial charge in [0.05, 0.1) is 15.9 Å². The lowest BCUT2D eigenvalue weighted by atomic mass is 9.70. The van der Waals surface area contributed by atoms with Gasteiger partial charge in [0.1, 0.15) is 12.3 Å². The summed E-state index contributed by atoms with van der Waals surface area (Å²) in [6.45, 7) is -0.387. The molecule has 13 heteroatoms. The van der Waals surface area contributed by atoms with E-state index in [4.69, 9.17) is 4.74 Å². The highest BCUT2D eigenvalue weighted by molar-refractivity contribution is 9.10. The van der Waals surface area contributed by atoms with Gasteiger partial charge in [0.25, 0.3) is 5.69 Å². The molecule has 0 amide bonds. The highest BCUT2D eigenvalue weighted by Crippen LogP contribution is 2.52. The van der Waals surface area contributed by atoms with Crippen LogP contribution in [0.25, 0.3) is 0 Å². The molecule has 2 aromatic rings. The Morgan fingerprint density at radius 3 is 2.08 bits per heavy atom. The average molecular weight is 612 g/mol. The molecular weight excluding hydrogens is 590 g/mol. The summed E-state index contributed by atoms with van der Waals surface area (Å²) in [6, 6.07) is 7.85. The van der Waals surface area contributed by atoms with E-state index in [9.17, 15) is 39.7 Å². The molecule has 1 N–H and O–H groups in total. The number of halogens is 1. The SMILES string of the molecule is O=C(O)CN1C2=C(C(=O)CCC2)C(c2cc(Br)ccc2Oc2ccc([N+](=O)[O-])cc2[N+](=O)[O-])C2=C1CCCC2=O. The lowest BCUT2D eigenvalue weighted by Crippen LogP contribution is -2.41.